The van der Waals surface area contributed by atoms with Gasteiger partial charge < -0.3 is 10.2 Å². The minimum atomic E-state index is -4.35. The van der Waals surface area contributed by atoms with Gasteiger partial charge in [-0.05, 0) is 17.5 Å². The van der Waals surface area contributed by atoms with Gasteiger partial charge in [0.05, 0.1) is 24.1 Å². The normalized spacial score (nSPS) is 15.3. The summed E-state index contributed by atoms with van der Waals surface area (Å²) in [5, 5.41) is 14.1. The molecule has 28 heavy (non-hydrogen) atoms. The number of nitriles is 1. The molecule has 0 spiro atoms. The number of nitrogens with one attached hydrogen (secondary N) is 3. The number of carbonyl (C=O) groups excluding carboxylic acids is 1. The Balaban J connectivity index is 1.44. The molecule has 1 aliphatic heterocycles. The fraction of sp³-hybridized carbons (Fsp3) is 0.389. The lowest BCUT2D eigenvalue weighted by atomic mass is 10.2. The maximum Gasteiger partial charge on any atom is 0.419 e. The number of hydrogen-bond donors (Lipinski definition) is 2. The molecule has 0 saturated carbocycles. The largest absolute Gasteiger partial charge is 0.419 e. The van der Waals surface area contributed by atoms with Crippen LogP contribution >= 0.6 is 11.3 Å². The lowest BCUT2D eigenvalue weighted by Gasteiger charge is -2.28. The summed E-state index contributed by atoms with van der Waals surface area (Å²) in [6.45, 7) is 3.66. The number of pyridine rings is 1. The molecule has 2 aromatic heterocycles. The summed E-state index contributed by atoms with van der Waals surface area (Å²) >= 11 is 1.32. The van der Waals surface area contributed by atoms with Crippen molar-refractivity contribution >= 4 is 28.1 Å². The van der Waals surface area contributed by atoms with Gasteiger partial charge in [-0.15, -0.1) is 11.3 Å². The predicted molar refractivity (Wildman–Crippen MR) is 98.1 cm³/mol. The van der Waals surface area contributed by atoms with Crippen LogP contribution in [0.2, 0.25) is 0 Å². The average molecular weight is 411 g/mol. The standard InChI is InChI=1S/C18H18F3N5OS/c19-18(20,21)14-1-2-15(23-12-14)26-8-6-25(7-9-26)5-3-16(27)24-17-13(11-22)4-10-28-17/h1-2,4,10,12H,3,5-9H2,(H,24,27)/p+2. The Labute approximate surface area is 164 Å². The summed E-state index contributed by atoms with van der Waals surface area (Å²) in [5.41, 5.74) is -0.232. The second-order valence-corrected chi connectivity index (χ2v) is 7.44. The van der Waals surface area contributed by atoms with E-state index in [0.29, 0.717) is 42.4 Å². The van der Waals surface area contributed by atoms with Crippen molar-refractivity contribution in [3.8, 4) is 6.07 Å². The molecule has 2 aromatic rings. The molecule has 0 aliphatic carbocycles. The number of H-pyrrole nitrogens is 1. The van der Waals surface area contributed by atoms with Crippen LogP contribution in [-0.4, -0.2) is 38.6 Å². The van der Waals surface area contributed by atoms with E-state index in [-0.39, 0.29) is 5.91 Å². The topological polar surface area (TPSA) is 74.7 Å². The van der Waals surface area contributed by atoms with E-state index >= 15 is 0 Å². The second kappa shape index (κ2) is 8.58. The van der Waals surface area contributed by atoms with Gasteiger partial charge in [0, 0.05) is 6.07 Å². The molecule has 1 aliphatic rings. The highest BCUT2D eigenvalue weighted by atomic mass is 32.1. The maximum atomic E-state index is 12.6. The van der Waals surface area contributed by atoms with Crippen LogP contribution in [0.1, 0.15) is 17.5 Å². The van der Waals surface area contributed by atoms with E-state index in [0.717, 1.165) is 25.4 Å². The predicted octanol–water partition coefficient (Wildman–Crippen LogP) is 1.19. The van der Waals surface area contributed by atoms with Crippen molar-refractivity contribution in [3.63, 3.8) is 0 Å². The van der Waals surface area contributed by atoms with Crippen molar-refractivity contribution in [1.29, 1.82) is 5.26 Å². The number of thiophene rings is 1. The molecule has 0 radical (unpaired) electrons. The number of alkyl halides is 3. The highest BCUT2D eigenvalue weighted by molar-refractivity contribution is 7.14. The molecule has 1 fully saturated rings. The van der Waals surface area contributed by atoms with E-state index in [4.69, 9.17) is 5.26 Å². The molecule has 0 atom stereocenters. The van der Waals surface area contributed by atoms with Crippen LogP contribution in [0, 0.1) is 11.3 Å². The van der Waals surface area contributed by atoms with Crippen molar-refractivity contribution in [2.24, 2.45) is 0 Å². The molecule has 0 unspecified atom stereocenters. The molecule has 3 heterocycles. The first-order chi connectivity index (χ1) is 13.4. The highest BCUT2D eigenvalue weighted by Crippen LogP contribution is 2.28. The summed E-state index contributed by atoms with van der Waals surface area (Å²) in [6.07, 6.45) is -3.01. The van der Waals surface area contributed by atoms with Crippen LogP contribution in [0.5, 0.6) is 0 Å². The van der Waals surface area contributed by atoms with Crippen LogP contribution in [0.15, 0.2) is 29.8 Å². The van der Waals surface area contributed by atoms with Crippen LogP contribution in [0.4, 0.5) is 24.0 Å². The van der Waals surface area contributed by atoms with E-state index in [9.17, 15) is 18.0 Å². The molecule has 0 aromatic carbocycles. The number of anilines is 2. The molecule has 0 bridgehead atoms. The summed E-state index contributed by atoms with van der Waals surface area (Å²) in [5.74, 6) is 0.538. The van der Waals surface area contributed by atoms with E-state index < -0.39 is 11.7 Å². The molecule has 6 nitrogen and oxygen atoms in total. The third-order valence-electron chi connectivity index (χ3n) is 4.68. The van der Waals surface area contributed by atoms with Crippen molar-refractivity contribution in [1.82, 2.24) is 0 Å². The number of quaternary nitrogens is 1. The van der Waals surface area contributed by atoms with Gasteiger partial charge in [-0.3, -0.25) is 9.69 Å². The molecular formula is C18H20F3N5OS+2. The summed E-state index contributed by atoms with van der Waals surface area (Å²) in [6, 6.07) is 6.24. The van der Waals surface area contributed by atoms with Gasteiger partial charge in [0.1, 0.15) is 43.4 Å². The number of halogens is 3. The molecular weight excluding hydrogens is 391 g/mol. The number of aromatic nitrogens is 1. The van der Waals surface area contributed by atoms with Crippen molar-refractivity contribution < 1.29 is 27.8 Å². The van der Waals surface area contributed by atoms with E-state index in [1.54, 1.807) is 11.4 Å². The van der Waals surface area contributed by atoms with Crippen molar-refractivity contribution in [2.75, 3.05) is 42.9 Å². The molecule has 3 rings (SSSR count). The summed E-state index contributed by atoms with van der Waals surface area (Å²) < 4.78 is 37.9. The first-order valence-electron chi connectivity index (χ1n) is 8.81. The van der Waals surface area contributed by atoms with E-state index in [2.05, 4.69) is 10.3 Å². The van der Waals surface area contributed by atoms with E-state index in [1.165, 1.54) is 22.3 Å². The average Bonchev–Trinajstić information content (AvgIpc) is 3.13. The number of aromatic amines is 1. The Hall–Kier alpha value is -2.64. The third-order valence-corrected chi connectivity index (χ3v) is 5.51. The van der Waals surface area contributed by atoms with Crippen LogP contribution in [0.25, 0.3) is 0 Å². The van der Waals surface area contributed by atoms with Gasteiger partial charge in [0.25, 0.3) is 5.82 Å². The summed E-state index contributed by atoms with van der Waals surface area (Å²) in [7, 11) is 0. The molecule has 10 heteroatoms. The molecule has 3 N–H and O–H groups in total. The van der Waals surface area contributed by atoms with Gasteiger partial charge in [0.15, 0.2) is 0 Å². The zero-order valence-electron chi connectivity index (χ0n) is 15.0. The number of rotatable bonds is 5. The van der Waals surface area contributed by atoms with Gasteiger partial charge in [-0.2, -0.15) is 18.4 Å². The Morgan fingerprint density at radius 2 is 2.07 bits per heavy atom. The van der Waals surface area contributed by atoms with Gasteiger partial charge in [-0.1, -0.05) is 0 Å². The molecule has 148 valence electrons. The first kappa shape index (κ1) is 20.1. The highest BCUT2D eigenvalue weighted by Gasteiger charge is 2.33. The quantitative estimate of drug-likeness (QED) is 0.776. The van der Waals surface area contributed by atoms with Gasteiger partial charge >= 0.3 is 6.18 Å². The number of piperazine rings is 1. The maximum absolute atomic E-state index is 12.6. The Kier molecular flexibility index (Phi) is 6.16. The Morgan fingerprint density at radius 1 is 1.32 bits per heavy atom. The Morgan fingerprint density at radius 3 is 2.68 bits per heavy atom. The lowest BCUT2D eigenvalue weighted by Crippen LogP contribution is -3.15. The fourth-order valence-corrected chi connectivity index (χ4v) is 3.83. The molecule has 1 amide bonds. The lowest BCUT2D eigenvalue weighted by molar-refractivity contribution is -0.900. The first-order valence-corrected chi connectivity index (χ1v) is 9.69. The smallest absolute Gasteiger partial charge is 0.328 e. The number of nitrogens with zero attached hydrogens (tertiary/aromatic N) is 2. The van der Waals surface area contributed by atoms with Crippen LogP contribution < -0.4 is 20.1 Å². The minimum Gasteiger partial charge on any atom is -0.328 e. The summed E-state index contributed by atoms with van der Waals surface area (Å²) in [4.78, 5) is 18.1. The van der Waals surface area contributed by atoms with Crippen molar-refractivity contribution in [2.45, 2.75) is 12.6 Å². The number of hydrogen-bond acceptors (Lipinski definition) is 4. The fourth-order valence-electron chi connectivity index (χ4n) is 3.08. The van der Waals surface area contributed by atoms with Crippen molar-refractivity contribution in [3.05, 3.63) is 40.9 Å². The zero-order chi connectivity index (χ0) is 20.1. The monoisotopic (exact) mass is 411 g/mol. The van der Waals surface area contributed by atoms with Gasteiger partial charge in [0.2, 0.25) is 5.91 Å². The number of carbonyl (C=O) groups is 1. The van der Waals surface area contributed by atoms with E-state index in [1.807, 2.05) is 11.0 Å². The number of amides is 1. The SMILES string of the molecule is N#Cc1ccsc1NC(=O)CC[NH+]1CCN(c2ccc(C(F)(F)F)c[nH+]2)CC1. The van der Waals surface area contributed by atoms with Crippen LogP contribution in [-0.2, 0) is 11.0 Å². The minimum absolute atomic E-state index is 0.120. The molecule has 1 saturated heterocycles. The Bertz CT molecular complexity index is 851. The zero-order valence-corrected chi connectivity index (χ0v) is 15.8. The third kappa shape index (κ3) is 4.99. The second-order valence-electron chi connectivity index (χ2n) is 6.52. The van der Waals surface area contributed by atoms with Crippen LogP contribution in [0.3, 0.4) is 0 Å². The van der Waals surface area contributed by atoms with Gasteiger partial charge in [-0.25, -0.2) is 4.98 Å².